The van der Waals surface area contributed by atoms with Gasteiger partial charge in [0.1, 0.15) is 5.75 Å². The van der Waals surface area contributed by atoms with E-state index in [1.807, 2.05) is 6.07 Å². The molecule has 2 aromatic rings. The molecule has 9 nitrogen and oxygen atoms in total. The van der Waals surface area contributed by atoms with Gasteiger partial charge in [-0.3, -0.25) is 9.59 Å². The van der Waals surface area contributed by atoms with Crippen LogP contribution in [-0.4, -0.2) is 66.9 Å². The topological polar surface area (TPSA) is 122 Å². The molecule has 0 bridgehead atoms. The Balaban J connectivity index is 1.61. The lowest BCUT2D eigenvalue weighted by molar-refractivity contribution is -0.145. The SMILES string of the molecule is CC(Oc1ccccc1)C(=O)N1CCN(S(=O)(=O)c2ccc(Cl)c(Cl)c2)C1C(=O)NC1CCC(N)CC1. The third-order valence-electron chi connectivity index (χ3n) is 6.67. The molecule has 2 aliphatic rings. The molecule has 2 aromatic carbocycles. The predicted octanol–water partition coefficient (Wildman–Crippen LogP) is 3.01. The molecule has 0 spiro atoms. The Kier molecular flexibility index (Phi) is 8.65. The van der Waals surface area contributed by atoms with E-state index < -0.39 is 34.1 Å². The van der Waals surface area contributed by atoms with Gasteiger partial charge in [-0.1, -0.05) is 41.4 Å². The summed E-state index contributed by atoms with van der Waals surface area (Å²) >= 11 is 12.1. The van der Waals surface area contributed by atoms with E-state index >= 15 is 0 Å². The van der Waals surface area contributed by atoms with Crippen molar-refractivity contribution >= 4 is 45.0 Å². The Hall–Kier alpha value is -2.37. The molecule has 3 N–H and O–H groups in total. The second kappa shape index (κ2) is 11.6. The molecule has 2 fully saturated rings. The van der Waals surface area contributed by atoms with Crippen molar-refractivity contribution in [3.8, 4) is 5.75 Å². The number of amides is 2. The minimum atomic E-state index is -4.20. The van der Waals surface area contributed by atoms with Gasteiger partial charge in [0.25, 0.3) is 11.8 Å². The largest absolute Gasteiger partial charge is 0.481 e. The van der Waals surface area contributed by atoms with Crippen LogP contribution in [0.3, 0.4) is 0 Å². The van der Waals surface area contributed by atoms with Crippen LogP contribution in [0, 0.1) is 0 Å². The molecule has 1 saturated carbocycles. The lowest BCUT2D eigenvalue weighted by Gasteiger charge is -2.33. The molecule has 2 amide bonds. The standard InChI is InChI=1S/C25H30Cl2N4O5S/c1-16(36-19-5-3-2-4-6-19)25(33)30-13-14-31(37(34,35)20-11-12-21(26)22(27)15-20)24(30)23(32)29-18-9-7-17(28)8-10-18/h2-6,11-12,15-18,24H,7-10,13-14,28H2,1H3,(H,29,32). The van der Waals surface area contributed by atoms with Crippen molar-refractivity contribution in [3.05, 3.63) is 58.6 Å². The van der Waals surface area contributed by atoms with E-state index in [1.165, 1.54) is 23.1 Å². The van der Waals surface area contributed by atoms with Gasteiger partial charge in [-0.25, -0.2) is 8.42 Å². The number of carbonyl (C=O) groups excluding carboxylic acids is 2. The summed E-state index contributed by atoms with van der Waals surface area (Å²) in [6.07, 6.45) is 0.542. The fraction of sp³-hybridized carbons (Fsp3) is 0.440. The van der Waals surface area contributed by atoms with E-state index in [1.54, 1.807) is 31.2 Å². The van der Waals surface area contributed by atoms with E-state index in [0.717, 1.165) is 17.1 Å². The van der Waals surface area contributed by atoms with Crippen molar-refractivity contribution in [1.29, 1.82) is 0 Å². The number of nitrogens with zero attached hydrogens (tertiary/aromatic N) is 2. The summed E-state index contributed by atoms with van der Waals surface area (Å²) in [6.45, 7) is 1.53. The first kappa shape index (κ1) is 27.7. The molecule has 1 aliphatic heterocycles. The summed E-state index contributed by atoms with van der Waals surface area (Å²) in [5.41, 5.74) is 5.99. The van der Waals surface area contributed by atoms with E-state index in [4.69, 9.17) is 33.7 Å². The van der Waals surface area contributed by atoms with Crippen LogP contribution in [0.25, 0.3) is 0 Å². The van der Waals surface area contributed by atoms with E-state index in [-0.39, 0.29) is 40.1 Å². The maximum absolute atomic E-state index is 13.6. The Morgan fingerprint density at radius 2 is 1.70 bits per heavy atom. The van der Waals surface area contributed by atoms with Crippen LogP contribution >= 0.6 is 23.2 Å². The van der Waals surface area contributed by atoms with Crippen LogP contribution in [0.2, 0.25) is 10.0 Å². The minimum absolute atomic E-state index is 0.0233. The number of sulfonamides is 1. The summed E-state index contributed by atoms with van der Waals surface area (Å²) in [5.74, 6) is -0.578. The molecule has 200 valence electrons. The molecular formula is C25H30Cl2N4O5S. The summed E-state index contributed by atoms with van der Waals surface area (Å²) in [5, 5.41) is 3.22. The quantitative estimate of drug-likeness (QED) is 0.529. The van der Waals surface area contributed by atoms with Gasteiger partial charge in [0, 0.05) is 25.2 Å². The molecule has 0 radical (unpaired) electrons. The first-order valence-electron chi connectivity index (χ1n) is 12.1. The number of hydrogen-bond acceptors (Lipinski definition) is 6. The fourth-order valence-corrected chi connectivity index (χ4v) is 6.59. The maximum Gasteiger partial charge on any atom is 0.265 e. The predicted molar refractivity (Wildman–Crippen MR) is 141 cm³/mol. The molecular weight excluding hydrogens is 539 g/mol. The molecule has 0 aromatic heterocycles. The average Bonchev–Trinajstić information content (AvgIpc) is 3.33. The van der Waals surface area contributed by atoms with E-state index in [9.17, 15) is 18.0 Å². The Morgan fingerprint density at radius 1 is 1.03 bits per heavy atom. The third-order valence-corrected chi connectivity index (χ3v) is 9.25. The molecule has 1 saturated heterocycles. The number of halogens is 2. The molecule has 1 heterocycles. The number of ether oxygens (including phenoxy) is 1. The van der Waals surface area contributed by atoms with Gasteiger partial charge in [0.05, 0.1) is 14.9 Å². The van der Waals surface area contributed by atoms with Gasteiger partial charge in [-0.05, 0) is 62.9 Å². The maximum atomic E-state index is 13.6. The van der Waals surface area contributed by atoms with Crippen molar-refractivity contribution in [2.24, 2.45) is 5.73 Å². The van der Waals surface area contributed by atoms with Crippen LogP contribution in [0.4, 0.5) is 0 Å². The lowest BCUT2D eigenvalue weighted by atomic mass is 9.92. The zero-order chi connectivity index (χ0) is 26.7. The summed E-state index contributed by atoms with van der Waals surface area (Å²) < 4.78 is 34.1. The smallest absolute Gasteiger partial charge is 0.265 e. The minimum Gasteiger partial charge on any atom is -0.481 e. The van der Waals surface area contributed by atoms with Crippen molar-refractivity contribution in [3.63, 3.8) is 0 Å². The lowest BCUT2D eigenvalue weighted by Crippen LogP contribution is -2.57. The number of hydrogen-bond donors (Lipinski definition) is 2. The first-order chi connectivity index (χ1) is 17.6. The zero-order valence-electron chi connectivity index (χ0n) is 20.3. The van der Waals surface area contributed by atoms with Crippen LogP contribution in [0.1, 0.15) is 32.6 Å². The van der Waals surface area contributed by atoms with Crippen molar-refractivity contribution in [2.45, 2.75) is 61.9 Å². The zero-order valence-corrected chi connectivity index (χ0v) is 22.7. The number of nitrogens with two attached hydrogens (primary N) is 1. The van der Waals surface area contributed by atoms with Crippen molar-refractivity contribution < 1.29 is 22.7 Å². The highest BCUT2D eigenvalue weighted by Crippen LogP contribution is 2.30. The Bertz CT molecular complexity index is 1240. The van der Waals surface area contributed by atoms with E-state index in [2.05, 4.69) is 5.32 Å². The van der Waals surface area contributed by atoms with Crippen molar-refractivity contribution in [2.75, 3.05) is 13.1 Å². The van der Waals surface area contributed by atoms with Crippen molar-refractivity contribution in [1.82, 2.24) is 14.5 Å². The first-order valence-corrected chi connectivity index (χ1v) is 14.3. The number of nitrogens with one attached hydrogen (secondary N) is 1. The molecule has 4 rings (SSSR count). The number of rotatable bonds is 7. The van der Waals surface area contributed by atoms with Gasteiger partial charge in [-0.15, -0.1) is 0 Å². The average molecular weight is 570 g/mol. The number of para-hydroxylation sites is 1. The highest BCUT2D eigenvalue weighted by atomic mass is 35.5. The van der Waals surface area contributed by atoms with Gasteiger partial charge in [0.15, 0.2) is 12.3 Å². The normalized spacial score (nSPS) is 23.5. The fourth-order valence-electron chi connectivity index (χ4n) is 4.66. The highest BCUT2D eigenvalue weighted by Gasteiger charge is 2.48. The molecule has 12 heteroatoms. The van der Waals surface area contributed by atoms with Gasteiger partial charge < -0.3 is 20.7 Å². The molecule has 1 aliphatic carbocycles. The van der Waals surface area contributed by atoms with Crippen LogP contribution in [-0.2, 0) is 19.6 Å². The second-order valence-electron chi connectivity index (χ2n) is 9.29. The third kappa shape index (κ3) is 6.21. The Labute approximate surface area is 226 Å². The number of carbonyl (C=O) groups is 2. The summed E-state index contributed by atoms with van der Waals surface area (Å²) in [6, 6.07) is 12.7. The molecule has 2 unspecified atom stereocenters. The monoisotopic (exact) mass is 568 g/mol. The van der Waals surface area contributed by atoms with Gasteiger partial charge in [0.2, 0.25) is 10.0 Å². The highest BCUT2D eigenvalue weighted by molar-refractivity contribution is 7.89. The van der Waals surface area contributed by atoms with Crippen LogP contribution in [0.15, 0.2) is 53.4 Å². The van der Waals surface area contributed by atoms with Crippen LogP contribution in [0.5, 0.6) is 5.75 Å². The van der Waals surface area contributed by atoms with Gasteiger partial charge in [-0.2, -0.15) is 4.31 Å². The second-order valence-corrected chi connectivity index (χ2v) is 12.0. The molecule has 2 atom stereocenters. The molecule has 37 heavy (non-hydrogen) atoms. The van der Waals surface area contributed by atoms with E-state index in [0.29, 0.717) is 18.6 Å². The summed E-state index contributed by atoms with van der Waals surface area (Å²) in [7, 11) is -4.20. The van der Waals surface area contributed by atoms with Gasteiger partial charge >= 0.3 is 0 Å². The Morgan fingerprint density at radius 3 is 2.35 bits per heavy atom. The number of benzene rings is 2. The van der Waals surface area contributed by atoms with Crippen LogP contribution < -0.4 is 15.8 Å². The summed E-state index contributed by atoms with van der Waals surface area (Å²) in [4.78, 5) is 28.2.